The van der Waals surface area contributed by atoms with Crippen LogP contribution in [-0.2, 0) is 27.5 Å². The molecule has 2 aromatic heterocycles. The number of aromatic nitrogens is 2. The summed E-state index contributed by atoms with van der Waals surface area (Å²) in [7, 11) is 2.03. The maximum absolute atomic E-state index is 9.31. The van der Waals surface area contributed by atoms with Crippen LogP contribution in [0.2, 0.25) is 0 Å². The Morgan fingerprint density at radius 1 is 0.963 bits per heavy atom. The van der Waals surface area contributed by atoms with Gasteiger partial charge in [0.15, 0.2) is 0 Å². The van der Waals surface area contributed by atoms with Crippen molar-refractivity contribution in [3.05, 3.63) is 60.4 Å². The average molecular weight is 528 g/mol. The van der Waals surface area contributed by atoms with E-state index < -0.39 is 0 Å². The van der Waals surface area contributed by atoms with Crippen molar-refractivity contribution in [3.8, 4) is 28.6 Å². The summed E-state index contributed by atoms with van der Waals surface area (Å²) in [5.74, 6) is 0. The molecule has 137 valence electrons. The van der Waals surface area contributed by atoms with Gasteiger partial charge < -0.3 is 14.5 Å². The van der Waals surface area contributed by atoms with Gasteiger partial charge in [0.05, 0.1) is 0 Å². The van der Waals surface area contributed by atoms with Gasteiger partial charge in [0.25, 0.3) is 0 Å². The number of piperidine rings is 1. The Kier molecular flexibility index (Phi) is 6.12. The fraction of sp³-hybridized carbons (Fsp3) is 0.273. The van der Waals surface area contributed by atoms with Crippen LogP contribution in [0.4, 0.5) is 5.69 Å². The quantitative estimate of drug-likeness (QED) is 0.474. The van der Waals surface area contributed by atoms with Crippen molar-refractivity contribution in [2.75, 3.05) is 18.0 Å². The molecule has 0 unspecified atom stereocenters. The van der Waals surface area contributed by atoms with Crippen LogP contribution in [0.1, 0.15) is 24.8 Å². The standard InChI is InChI=1S/C22H21N4.Re/c1-25-21(9-10-22(25)20-11-12-24-16-18(20)15-23)17-5-7-19(8-6-17)26-13-3-2-4-14-26;/h5-12H,2-4,13-14H2,1H3;/q-1;. The predicted molar refractivity (Wildman–Crippen MR) is 104 cm³/mol. The van der Waals surface area contributed by atoms with Gasteiger partial charge in [0.1, 0.15) is 0 Å². The van der Waals surface area contributed by atoms with Crippen LogP contribution in [0.25, 0.3) is 22.5 Å². The van der Waals surface area contributed by atoms with Gasteiger partial charge in [-0.15, -0.1) is 6.07 Å². The van der Waals surface area contributed by atoms with E-state index in [0.29, 0.717) is 5.56 Å². The molecule has 0 amide bonds. The second-order valence-electron chi connectivity index (χ2n) is 6.71. The molecular weight excluding hydrogens is 506 g/mol. The Morgan fingerprint density at radius 3 is 2.37 bits per heavy atom. The Hall–Kier alpha value is -2.40. The fourth-order valence-corrected chi connectivity index (χ4v) is 3.72. The molecule has 4 rings (SSSR count). The molecule has 1 aromatic carbocycles. The second kappa shape index (κ2) is 8.53. The summed E-state index contributed by atoms with van der Waals surface area (Å²) < 4.78 is 2.12. The Bertz CT molecular complexity index is 947. The van der Waals surface area contributed by atoms with E-state index in [1.54, 1.807) is 6.20 Å². The largest absolute Gasteiger partial charge is 0.372 e. The Morgan fingerprint density at radius 2 is 1.67 bits per heavy atom. The summed E-state index contributed by atoms with van der Waals surface area (Å²) in [4.78, 5) is 6.40. The minimum Gasteiger partial charge on any atom is -0.372 e. The van der Waals surface area contributed by atoms with E-state index in [1.807, 2.05) is 13.1 Å². The summed E-state index contributed by atoms with van der Waals surface area (Å²) in [6.45, 7) is 2.31. The maximum atomic E-state index is 9.31. The van der Waals surface area contributed by atoms with E-state index in [2.05, 4.69) is 63.1 Å². The summed E-state index contributed by atoms with van der Waals surface area (Å²) in [6, 6.07) is 17.0. The number of nitrogens with zero attached hydrogens (tertiary/aromatic N) is 4. The Labute approximate surface area is 174 Å². The van der Waals surface area contributed by atoms with Crippen LogP contribution < -0.4 is 4.90 Å². The maximum Gasteiger partial charge on any atom is 0.0476 e. The zero-order valence-electron chi connectivity index (χ0n) is 15.3. The third-order valence-corrected chi connectivity index (χ3v) is 5.16. The molecule has 1 aliphatic heterocycles. The van der Waals surface area contributed by atoms with Gasteiger partial charge >= 0.3 is 0 Å². The van der Waals surface area contributed by atoms with Gasteiger partial charge in [0, 0.05) is 57.6 Å². The van der Waals surface area contributed by atoms with Gasteiger partial charge in [-0.25, -0.2) is 0 Å². The third kappa shape index (κ3) is 3.83. The van der Waals surface area contributed by atoms with E-state index in [0.717, 1.165) is 30.0 Å². The van der Waals surface area contributed by atoms with Gasteiger partial charge in [-0.2, -0.15) is 0 Å². The first-order valence-corrected chi connectivity index (χ1v) is 9.06. The van der Waals surface area contributed by atoms with Crippen molar-refractivity contribution in [1.82, 2.24) is 9.55 Å². The van der Waals surface area contributed by atoms with Crippen LogP contribution in [0.3, 0.4) is 0 Å². The van der Waals surface area contributed by atoms with E-state index in [4.69, 9.17) is 0 Å². The van der Waals surface area contributed by atoms with Crippen LogP contribution in [0.15, 0.2) is 48.7 Å². The molecular formula is C22H21N4Re-. The molecule has 27 heavy (non-hydrogen) atoms. The molecule has 0 atom stereocenters. The van der Waals surface area contributed by atoms with Gasteiger partial charge in [-0.3, -0.25) is 5.26 Å². The SMILES string of the molecule is Cn1c(-c2ccc(N3CCCCC3)cc2)ccc1-c1ccn[c-]c1C#N.[Re]. The van der Waals surface area contributed by atoms with Gasteiger partial charge in [0.2, 0.25) is 0 Å². The van der Waals surface area contributed by atoms with E-state index in [1.165, 1.54) is 30.5 Å². The number of anilines is 1. The molecule has 4 nitrogen and oxygen atoms in total. The molecule has 0 spiro atoms. The molecule has 0 aliphatic carbocycles. The zero-order valence-corrected chi connectivity index (χ0v) is 18.0. The normalized spacial score (nSPS) is 13.7. The predicted octanol–water partition coefficient (Wildman–Crippen LogP) is 4.41. The first-order chi connectivity index (χ1) is 12.8. The summed E-state index contributed by atoms with van der Waals surface area (Å²) in [6.07, 6.45) is 8.37. The summed E-state index contributed by atoms with van der Waals surface area (Å²) >= 11 is 0. The number of hydrogen-bond donors (Lipinski definition) is 0. The zero-order chi connectivity index (χ0) is 17.9. The van der Waals surface area contributed by atoms with Crippen LogP contribution in [0, 0.1) is 17.5 Å². The van der Waals surface area contributed by atoms with Crippen molar-refractivity contribution in [2.24, 2.45) is 7.05 Å². The van der Waals surface area contributed by atoms with E-state index in [-0.39, 0.29) is 20.4 Å². The molecule has 1 saturated heterocycles. The smallest absolute Gasteiger partial charge is 0.0476 e. The molecule has 0 saturated carbocycles. The van der Waals surface area contributed by atoms with Crippen molar-refractivity contribution < 1.29 is 20.4 Å². The minimum absolute atomic E-state index is 0. The molecule has 3 heterocycles. The van der Waals surface area contributed by atoms with Gasteiger partial charge in [-0.1, -0.05) is 29.5 Å². The van der Waals surface area contributed by atoms with Crippen LogP contribution in [0.5, 0.6) is 0 Å². The Balaban J connectivity index is 0.00000210. The fourth-order valence-electron chi connectivity index (χ4n) is 3.72. The molecule has 0 N–H and O–H groups in total. The first kappa shape index (κ1) is 19.4. The van der Waals surface area contributed by atoms with Crippen molar-refractivity contribution in [1.29, 1.82) is 5.26 Å². The van der Waals surface area contributed by atoms with E-state index >= 15 is 0 Å². The number of pyridine rings is 1. The van der Waals surface area contributed by atoms with Crippen molar-refractivity contribution in [2.45, 2.75) is 19.3 Å². The second-order valence-corrected chi connectivity index (χ2v) is 6.71. The molecule has 1 fully saturated rings. The topological polar surface area (TPSA) is 44.9 Å². The van der Waals surface area contributed by atoms with Crippen LogP contribution in [-0.4, -0.2) is 22.6 Å². The van der Waals surface area contributed by atoms with E-state index in [9.17, 15) is 5.26 Å². The van der Waals surface area contributed by atoms with Crippen molar-refractivity contribution >= 4 is 5.69 Å². The summed E-state index contributed by atoms with van der Waals surface area (Å²) in [5, 5.41) is 9.31. The third-order valence-electron chi connectivity index (χ3n) is 5.16. The number of hydrogen-bond acceptors (Lipinski definition) is 3. The monoisotopic (exact) mass is 528 g/mol. The van der Waals surface area contributed by atoms with Gasteiger partial charge in [-0.05, 0) is 61.4 Å². The number of rotatable bonds is 3. The summed E-state index contributed by atoms with van der Waals surface area (Å²) in [5.41, 5.74) is 5.94. The molecule has 1 aliphatic rings. The molecule has 0 bridgehead atoms. The molecule has 3 aromatic rings. The molecule has 5 heteroatoms. The van der Waals surface area contributed by atoms with Crippen LogP contribution >= 0.6 is 0 Å². The number of nitriles is 1. The van der Waals surface area contributed by atoms with Crippen molar-refractivity contribution in [3.63, 3.8) is 0 Å². The average Bonchev–Trinajstić information content (AvgIpc) is 3.10. The number of benzene rings is 1. The first-order valence-electron chi connectivity index (χ1n) is 9.06. The molecule has 1 radical (unpaired) electrons. The minimum atomic E-state index is 0.